The van der Waals surface area contributed by atoms with Crippen molar-refractivity contribution in [3.8, 4) is 0 Å². The van der Waals surface area contributed by atoms with Crippen LogP contribution in [0.15, 0.2) is 0 Å². The van der Waals surface area contributed by atoms with E-state index in [9.17, 15) is 9.59 Å². The monoisotopic (exact) mass is 226 g/mol. The van der Waals surface area contributed by atoms with Crippen molar-refractivity contribution in [2.24, 2.45) is 16.7 Å². The summed E-state index contributed by atoms with van der Waals surface area (Å²) in [5.41, 5.74) is -0.383. The minimum atomic E-state index is -0.388. The highest BCUT2D eigenvalue weighted by Gasteiger charge is 2.53. The summed E-state index contributed by atoms with van der Waals surface area (Å²) in [6.45, 7) is 9.71. The molecule has 1 fully saturated rings. The van der Waals surface area contributed by atoms with E-state index in [1.54, 1.807) is 0 Å². The van der Waals surface area contributed by atoms with Gasteiger partial charge in [-0.1, -0.05) is 27.7 Å². The molecule has 2 atom stereocenters. The third kappa shape index (κ3) is 2.00. The van der Waals surface area contributed by atoms with E-state index < -0.39 is 0 Å². The van der Waals surface area contributed by atoms with Crippen molar-refractivity contribution in [1.29, 1.82) is 0 Å². The third-order valence-corrected chi connectivity index (χ3v) is 4.75. The quantitative estimate of drug-likeness (QED) is 0.695. The number of ketones is 1. The van der Waals surface area contributed by atoms with Crippen LogP contribution in [0.3, 0.4) is 0 Å². The lowest BCUT2D eigenvalue weighted by Crippen LogP contribution is -2.42. The van der Waals surface area contributed by atoms with Crippen LogP contribution in [0.1, 0.15) is 47.5 Å². The Morgan fingerprint density at radius 1 is 1.31 bits per heavy atom. The molecule has 3 heteroatoms. The molecule has 0 N–H and O–H groups in total. The highest BCUT2D eigenvalue weighted by atomic mass is 16.5. The van der Waals surface area contributed by atoms with E-state index in [1.807, 2.05) is 6.92 Å². The van der Waals surface area contributed by atoms with Crippen LogP contribution in [0.5, 0.6) is 0 Å². The van der Waals surface area contributed by atoms with E-state index in [2.05, 4.69) is 20.8 Å². The molecular formula is C13H22O3. The SMILES string of the molecule is CC(=O)OCC(=O)[C@]1(C)CC[C@H](C)C1(C)C. The van der Waals surface area contributed by atoms with Crippen LogP contribution in [-0.2, 0) is 14.3 Å². The topological polar surface area (TPSA) is 43.4 Å². The lowest BCUT2D eigenvalue weighted by molar-refractivity contribution is -0.151. The molecule has 0 aromatic carbocycles. The second-order valence-electron chi connectivity index (χ2n) is 5.70. The Kier molecular flexibility index (Phi) is 3.46. The first-order chi connectivity index (χ1) is 7.22. The van der Waals surface area contributed by atoms with E-state index in [1.165, 1.54) is 6.92 Å². The van der Waals surface area contributed by atoms with Crippen molar-refractivity contribution in [2.45, 2.75) is 47.5 Å². The lowest BCUT2D eigenvalue weighted by atomic mass is 9.64. The first kappa shape index (κ1) is 13.2. The van der Waals surface area contributed by atoms with Gasteiger partial charge in [-0.15, -0.1) is 0 Å². The Bertz CT molecular complexity index is 306. The number of hydrogen-bond donors (Lipinski definition) is 0. The summed E-state index contributed by atoms with van der Waals surface area (Å²) in [5, 5.41) is 0. The van der Waals surface area contributed by atoms with E-state index in [4.69, 9.17) is 4.74 Å². The smallest absolute Gasteiger partial charge is 0.303 e. The first-order valence-corrected chi connectivity index (χ1v) is 5.88. The van der Waals surface area contributed by atoms with Gasteiger partial charge in [0.1, 0.15) is 0 Å². The average molecular weight is 226 g/mol. The van der Waals surface area contributed by atoms with Crippen LogP contribution < -0.4 is 0 Å². The summed E-state index contributed by atoms with van der Waals surface area (Å²) in [4.78, 5) is 22.9. The van der Waals surface area contributed by atoms with Crippen molar-refractivity contribution in [3.05, 3.63) is 0 Å². The standard InChI is InChI=1S/C13H22O3/c1-9-6-7-13(5,12(9,3)4)11(15)8-16-10(2)14/h9H,6-8H2,1-5H3/t9-,13-/m0/s1. The van der Waals surface area contributed by atoms with E-state index >= 15 is 0 Å². The van der Waals surface area contributed by atoms with Crippen LogP contribution in [0.4, 0.5) is 0 Å². The molecule has 1 rings (SSSR count). The Hall–Kier alpha value is -0.860. The number of rotatable bonds is 3. The van der Waals surface area contributed by atoms with Crippen molar-refractivity contribution < 1.29 is 14.3 Å². The van der Waals surface area contributed by atoms with Crippen LogP contribution in [0.25, 0.3) is 0 Å². The molecule has 0 aromatic rings. The molecule has 1 aliphatic rings. The molecule has 92 valence electrons. The van der Waals surface area contributed by atoms with Gasteiger partial charge in [0, 0.05) is 12.3 Å². The minimum Gasteiger partial charge on any atom is -0.458 e. The fourth-order valence-electron chi connectivity index (χ4n) is 2.56. The Labute approximate surface area is 97.5 Å². The number of ether oxygens (including phenoxy) is 1. The molecular weight excluding hydrogens is 204 g/mol. The number of carbonyl (C=O) groups is 2. The molecule has 3 nitrogen and oxygen atoms in total. The average Bonchev–Trinajstić information content (AvgIpc) is 2.39. The van der Waals surface area contributed by atoms with Gasteiger partial charge in [-0.05, 0) is 24.2 Å². The second kappa shape index (κ2) is 4.19. The van der Waals surface area contributed by atoms with Gasteiger partial charge in [0.2, 0.25) is 0 Å². The maximum absolute atomic E-state index is 12.2. The Balaban J connectivity index is 2.78. The fourth-order valence-corrected chi connectivity index (χ4v) is 2.56. The van der Waals surface area contributed by atoms with Gasteiger partial charge < -0.3 is 4.74 Å². The summed E-state index contributed by atoms with van der Waals surface area (Å²) in [7, 11) is 0. The van der Waals surface area contributed by atoms with Crippen LogP contribution >= 0.6 is 0 Å². The predicted octanol–water partition coefficient (Wildman–Crippen LogP) is 2.58. The molecule has 1 saturated carbocycles. The van der Waals surface area contributed by atoms with Gasteiger partial charge >= 0.3 is 5.97 Å². The molecule has 0 saturated heterocycles. The zero-order valence-corrected chi connectivity index (χ0v) is 10.9. The Morgan fingerprint density at radius 3 is 2.25 bits per heavy atom. The normalized spacial score (nSPS) is 32.4. The highest BCUT2D eigenvalue weighted by Crippen LogP contribution is 2.56. The van der Waals surface area contributed by atoms with E-state index in [-0.39, 0.29) is 29.2 Å². The summed E-state index contributed by atoms with van der Waals surface area (Å²) in [6, 6.07) is 0. The highest BCUT2D eigenvalue weighted by molar-refractivity contribution is 5.88. The maximum atomic E-state index is 12.2. The van der Waals surface area contributed by atoms with E-state index in [0.29, 0.717) is 5.92 Å². The fraction of sp³-hybridized carbons (Fsp3) is 0.846. The minimum absolute atomic E-state index is 0.0236. The number of esters is 1. The molecule has 0 aromatic heterocycles. The van der Waals surface area contributed by atoms with Crippen molar-refractivity contribution in [1.82, 2.24) is 0 Å². The Morgan fingerprint density at radius 2 is 1.88 bits per heavy atom. The molecule has 0 heterocycles. The van der Waals surface area contributed by atoms with Gasteiger partial charge in [-0.25, -0.2) is 0 Å². The first-order valence-electron chi connectivity index (χ1n) is 5.88. The summed E-state index contributed by atoms with van der Waals surface area (Å²) in [6.07, 6.45) is 1.95. The van der Waals surface area contributed by atoms with Crippen molar-refractivity contribution in [3.63, 3.8) is 0 Å². The maximum Gasteiger partial charge on any atom is 0.303 e. The molecule has 1 aliphatic carbocycles. The number of Topliss-reactive ketones (excluding diaryl/α,β-unsaturated/α-hetero) is 1. The molecule has 0 bridgehead atoms. The van der Waals surface area contributed by atoms with Crippen LogP contribution in [0.2, 0.25) is 0 Å². The predicted molar refractivity (Wildman–Crippen MR) is 61.9 cm³/mol. The molecule has 0 radical (unpaired) electrons. The number of carbonyl (C=O) groups excluding carboxylic acids is 2. The van der Waals surface area contributed by atoms with Gasteiger partial charge in [-0.3, -0.25) is 9.59 Å². The zero-order chi connectivity index (χ0) is 12.6. The van der Waals surface area contributed by atoms with Crippen LogP contribution in [-0.4, -0.2) is 18.4 Å². The third-order valence-electron chi connectivity index (χ3n) is 4.75. The molecule has 0 unspecified atom stereocenters. The number of hydrogen-bond acceptors (Lipinski definition) is 3. The largest absolute Gasteiger partial charge is 0.458 e. The van der Waals surface area contributed by atoms with Gasteiger partial charge in [-0.2, -0.15) is 0 Å². The lowest BCUT2D eigenvalue weighted by Gasteiger charge is -2.39. The summed E-state index contributed by atoms with van der Waals surface area (Å²) < 4.78 is 4.82. The van der Waals surface area contributed by atoms with Crippen molar-refractivity contribution in [2.75, 3.05) is 6.61 Å². The second-order valence-corrected chi connectivity index (χ2v) is 5.70. The molecule has 0 amide bonds. The van der Waals surface area contributed by atoms with Gasteiger partial charge in [0.15, 0.2) is 12.4 Å². The molecule has 0 aliphatic heterocycles. The molecule has 16 heavy (non-hydrogen) atoms. The van der Waals surface area contributed by atoms with Gasteiger partial charge in [0.25, 0.3) is 0 Å². The van der Waals surface area contributed by atoms with Crippen molar-refractivity contribution >= 4 is 11.8 Å². The van der Waals surface area contributed by atoms with E-state index in [0.717, 1.165) is 12.8 Å². The summed E-state index contributed by atoms with van der Waals surface area (Å²) in [5.74, 6) is 0.191. The summed E-state index contributed by atoms with van der Waals surface area (Å²) >= 11 is 0. The zero-order valence-electron chi connectivity index (χ0n) is 10.9. The van der Waals surface area contributed by atoms with Crippen LogP contribution in [0, 0.1) is 16.7 Å². The molecule has 0 spiro atoms. The van der Waals surface area contributed by atoms with Gasteiger partial charge in [0.05, 0.1) is 0 Å².